The van der Waals surface area contributed by atoms with E-state index in [1.165, 1.54) is 0 Å². The van der Waals surface area contributed by atoms with Crippen molar-refractivity contribution in [3.8, 4) is 11.5 Å². The summed E-state index contributed by atoms with van der Waals surface area (Å²) < 4.78 is 48.0. The minimum Gasteiger partial charge on any atom is -0.454 e. The topological polar surface area (TPSA) is 93.9 Å². The minimum atomic E-state index is -4.55. The van der Waals surface area contributed by atoms with Crippen LogP contribution in [0.15, 0.2) is 12.1 Å². The fourth-order valence-corrected chi connectivity index (χ4v) is 3.04. The molecular weight excluding hydrogens is 355 g/mol. The number of hydrogen-bond acceptors (Lipinski definition) is 5. The third-order valence-electron chi connectivity index (χ3n) is 4.35. The largest absolute Gasteiger partial charge is 0.454 e. The van der Waals surface area contributed by atoms with Crippen molar-refractivity contribution in [2.45, 2.75) is 38.0 Å². The highest BCUT2D eigenvalue weighted by Crippen LogP contribution is 2.46. The maximum absolute atomic E-state index is 12.7. The maximum atomic E-state index is 12.7. The van der Waals surface area contributed by atoms with E-state index >= 15 is 0 Å². The van der Waals surface area contributed by atoms with Crippen molar-refractivity contribution >= 4 is 17.5 Å². The van der Waals surface area contributed by atoms with Gasteiger partial charge in [0.2, 0.25) is 18.6 Å². The molecule has 0 radical (unpaired) electrons. The Kier molecular flexibility index (Phi) is 4.70. The number of nitrogens with one attached hydrogen (secondary N) is 1. The van der Waals surface area contributed by atoms with Crippen LogP contribution >= 0.6 is 0 Å². The SMILES string of the molecule is CCC(N)C(=O)N1c2ccc3c(c2CC1C(=O)NCC(F)(F)F)OCO3. The van der Waals surface area contributed by atoms with Crippen LogP contribution in [0.2, 0.25) is 0 Å². The molecule has 26 heavy (non-hydrogen) atoms. The lowest BCUT2D eigenvalue weighted by molar-refractivity contribution is -0.139. The Balaban J connectivity index is 1.93. The molecule has 2 aliphatic heterocycles. The Morgan fingerprint density at radius 2 is 2.12 bits per heavy atom. The van der Waals surface area contributed by atoms with E-state index < -0.39 is 36.6 Å². The van der Waals surface area contributed by atoms with Crippen molar-refractivity contribution in [3.05, 3.63) is 17.7 Å². The first kappa shape index (κ1) is 18.3. The Hall–Kier alpha value is -2.49. The molecule has 0 saturated heterocycles. The zero-order valence-corrected chi connectivity index (χ0v) is 13.9. The molecule has 0 saturated carbocycles. The molecule has 2 amide bonds. The van der Waals surface area contributed by atoms with E-state index in [4.69, 9.17) is 15.2 Å². The molecule has 2 atom stereocenters. The van der Waals surface area contributed by atoms with Gasteiger partial charge in [-0.3, -0.25) is 14.5 Å². The Morgan fingerprint density at radius 1 is 1.38 bits per heavy atom. The Morgan fingerprint density at radius 3 is 2.77 bits per heavy atom. The van der Waals surface area contributed by atoms with Gasteiger partial charge in [0.05, 0.1) is 11.7 Å². The van der Waals surface area contributed by atoms with Crippen LogP contribution in [0, 0.1) is 0 Å². The van der Waals surface area contributed by atoms with Crippen molar-refractivity contribution in [3.63, 3.8) is 0 Å². The standard InChI is InChI=1S/C16H18F3N3O4/c1-2-9(20)15(24)22-10-3-4-12-13(26-7-25-12)8(10)5-11(22)14(23)21-6-16(17,18)19/h3-4,9,11H,2,5-7,20H2,1H3,(H,21,23). The number of halogens is 3. The number of anilines is 1. The van der Waals surface area contributed by atoms with E-state index in [1.54, 1.807) is 19.1 Å². The van der Waals surface area contributed by atoms with Gasteiger partial charge >= 0.3 is 6.18 Å². The van der Waals surface area contributed by atoms with Crippen molar-refractivity contribution in [2.24, 2.45) is 5.73 Å². The molecule has 2 heterocycles. The van der Waals surface area contributed by atoms with Gasteiger partial charge in [0.1, 0.15) is 12.6 Å². The highest BCUT2D eigenvalue weighted by atomic mass is 19.4. The van der Waals surface area contributed by atoms with Crippen molar-refractivity contribution in [2.75, 3.05) is 18.2 Å². The van der Waals surface area contributed by atoms with Gasteiger partial charge in [0, 0.05) is 12.0 Å². The molecule has 2 aliphatic rings. The van der Waals surface area contributed by atoms with Crippen LogP contribution in [-0.2, 0) is 16.0 Å². The average molecular weight is 373 g/mol. The van der Waals surface area contributed by atoms with Crippen LogP contribution in [-0.4, -0.2) is 43.4 Å². The zero-order chi connectivity index (χ0) is 19.1. The molecule has 2 unspecified atom stereocenters. The Bertz CT molecular complexity index is 738. The summed E-state index contributed by atoms with van der Waals surface area (Å²) in [5, 5.41) is 1.84. The van der Waals surface area contributed by atoms with Crippen molar-refractivity contribution in [1.82, 2.24) is 5.32 Å². The number of ether oxygens (including phenoxy) is 2. The average Bonchev–Trinajstić information content (AvgIpc) is 3.21. The van der Waals surface area contributed by atoms with Crippen molar-refractivity contribution < 1.29 is 32.2 Å². The van der Waals surface area contributed by atoms with Crippen LogP contribution in [0.1, 0.15) is 18.9 Å². The van der Waals surface area contributed by atoms with E-state index in [9.17, 15) is 22.8 Å². The van der Waals surface area contributed by atoms with Gasteiger partial charge in [0.25, 0.3) is 0 Å². The van der Waals surface area contributed by atoms with E-state index in [1.807, 2.05) is 5.32 Å². The Labute approximate surface area is 147 Å². The van der Waals surface area contributed by atoms with Crippen LogP contribution in [0.4, 0.5) is 18.9 Å². The summed E-state index contributed by atoms with van der Waals surface area (Å²) >= 11 is 0. The molecule has 3 rings (SSSR count). The number of hydrogen-bond donors (Lipinski definition) is 2. The smallest absolute Gasteiger partial charge is 0.405 e. The number of benzene rings is 1. The number of rotatable bonds is 4. The molecule has 0 aromatic heterocycles. The van der Waals surface area contributed by atoms with Crippen LogP contribution in [0.25, 0.3) is 0 Å². The van der Waals surface area contributed by atoms with E-state index in [0.717, 1.165) is 4.90 Å². The molecule has 0 aliphatic carbocycles. The van der Waals surface area contributed by atoms with E-state index in [2.05, 4.69) is 0 Å². The molecule has 10 heteroatoms. The molecule has 0 bridgehead atoms. The normalized spacial score (nSPS) is 19.3. The van der Waals surface area contributed by atoms with Crippen LogP contribution in [0.5, 0.6) is 11.5 Å². The number of carbonyl (C=O) groups is 2. The highest BCUT2D eigenvalue weighted by molar-refractivity contribution is 6.06. The number of nitrogens with zero attached hydrogens (tertiary/aromatic N) is 1. The molecule has 1 aromatic carbocycles. The van der Waals surface area contributed by atoms with E-state index in [0.29, 0.717) is 29.2 Å². The molecule has 3 N–H and O–H groups in total. The molecular formula is C16H18F3N3O4. The lowest BCUT2D eigenvalue weighted by Gasteiger charge is -2.27. The number of fused-ring (bicyclic) bond motifs is 3. The van der Waals surface area contributed by atoms with Gasteiger partial charge in [0.15, 0.2) is 11.5 Å². The first-order valence-corrected chi connectivity index (χ1v) is 8.07. The number of nitrogens with two attached hydrogens (primary N) is 1. The number of amides is 2. The number of carbonyl (C=O) groups excluding carboxylic acids is 2. The number of alkyl halides is 3. The molecule has 0 fully saturated rings. The summed E-state index contributed by atoms with van der Waals surface area (Å²) in [6.07, 6.45) is -4.20. The lowest BCUT2D eigenvalue weighted by Crippen LogP contribution is -2.53. The fraction of sp³-hybridized carbons (Fsp3) is 0.500. The minimum absolute atomic E-state index is 0.000849. The molecule has 0 spiro atoms. The summed E-state index contributed by atoms with van der Waals surface area (Å²) in [5.41, 5.74) is 6.76. The van der Waals surface area contributed by atoms with Gasteiger partial charge in [-0.25, -0.2) is 0 Å². The van der Waals surface area contributed by atoms with Gasteiger partial charge < -0.3 is 20.5 Å². The molecule has 1 aromatic rings. The van der Waals surface area contributed by atoms with E-state index in [-0.39, 0.29) is 13.2 Å². The first-order chi connectivity index (χ1) is 12.2. The third-order valence-corrected chi connectivity index (χ3v) is 4.35. The third kappa shape index (κ3) is 3.28. The predicted molar refractivity (Wildman–Crippen MR) is 84.9 cm³/mol. The highest BCUT2D eigenvalue weighted by Gasteiger charge is 2.43. The second-order valence-electron chi connectivity index (χ2n) is 6.07. The van der Waals surface area contributed by atoms with Gasteiger partial charge in [-0.1, -0.05) is 6.92 Å². The summed E-state index contributed by atoms with van der Waals surface area (Å²) in [4.78, 5) is 26.2. The van der Waals surface area contributed by atoms with Gasteiger partial charge in [-0.15, -0.1) is 0 Å². The first-order valence-electron chi connectivity index (χ1n) is 8.07. The maximum Gasteiger partial charge on any atom is 0.405 e. The second kappa shape index (κ2) is 6.67. The van der Waals surface area contributed by atoms with Gasteiger partial charge in [-0.2, -0.15) is 13.2 Å². The molecule has 142 valence electrons. The second-order valence-corrected chi connectivity index (χ2v) is 6.07. The quantitative estimate of drug-likeness (QED) is 0.824. The summed E-state index contributed by atoms with van der Waals surface area (Å²) in [7, 11) is 0. The summed E-state index contributed by atoms with van der Waals surface area (Å²) in [6.45, 7) is 0.231. The monoisotopic (exact) mass is 373 g/mol. The zero-order valence-electron chi connectivity index (χ0n) is 13.9. The van der Waals surface area contributed by atoms with Gasteiger partial charge in [-0.05, 0) is 18.6 Å². The predicted octanol–water partition coefficient (Wildman–Crippen LogP) is 1.09. The fourth-order valence-electron chi connectivity index (χ4n) is 3.04. The van der Waals surface area contributed by atoms with Crippen LogP contribution in [0.3, 0.4) is 0 Å². The lowest BCUT2D eigenvalue weighted by atomic mass is 10.1. The van der Waals surface area contributed by atoms with Crippen LogP contribution < -0.4 is 25.4 Å². The molecule has 7 nitrogen and oxygen atoms in total. The summed E-state index contributed by atoms with van der Waals surface area (Å²) in [5.74, 6) is -0.566. The summed E-state index contributed by atoms with van der Waals surface area (Å²) in [6, 6.07) is 1.17. The van der Waals surface area contributed by atoms with Crippen molar-refractivity contribution in [1.29, 1.82) is 0 Å².